The van der Waals surface area contributed by atoms with Gasteiger partial charge in [-0.05, 0) is 45.9 Å². The second-order valence-corrected chi connectivity index (χ2v) is 5.12. The first-order valence-corrected chi connectivity index (χ1v) is 6.44. The van der Waals surface area contributed by atoms with Gasteiger partial charge >= 0.3 is 0 Å². The SMILES string of the molecule is Cc1nc2cc(N)ccc2n1C(C)C(=O)NC(C)C. The highest BCUT2D eigenvalue weighted by molar-refractivity contribution is 5.85. The Hall–Kier alpha value is -2.04. The molecule has 1 heterocycles. The van der Waals surface area contributed by atoms with Crippen molar-refractivity contribution in [3.63, 3.8) is 0 Å². The summed E-state index contributed by atoms with van der Waals surface area (Å²) in [5.41, 5.74) is 8.18. The smallest absolute Gasteiger partial charge is 0.243 e. The summed E-state index contributed by atoms with van der Waals surface area (Å²) < 4.78 is 1.94. The van der Waals surface area contributed by atoms with Gasteiger partial charge in [-0.15, -0.1) is 0 Å². The van der Waals surface area contributed by atoms with Gasteiger partial charge in [0, 0.05) is 11.7 Å². The van der Waals surface area contributed by atoms with Gasteiger partial charge < -0.3 is 15.6 Å². The number of hydrogen-bond acceptors (Lipinski definition) is 3. The van der Waals surface area contributed by atoms with Crippen LogP contribution < -0.4 is 11.1 Å². The van der Waals surface area contributed by atoms with Crippen LogP contribution in [0.25, 0.3) is 11.0 Å². The van der Waals surface area contributed by atoms with Crippen molar-refractivity contribution < 1.29 is 4.79 Å². The van der Waals surface area contributed by atoms with Gasteiger partial charge in [0.05, 0.1) is 11.0 Å². The van der Waals surface area contributed by atoms with Crippen LogP contribution in [-0.4, -0.2) is 21.5 Å². The molecule has 2 aromatic rings. The molecule has 0 bridgehead atoms. The second kappa shape index (κ2) is 4.91. The van der Waals surface area contributed by atoms with Crippen molar-refractivity contribution in [2.75, 3.05) is 5.73 Å². The number of nitrogens with two attached hydrogens (primary N) is 1. The number of amides is 1. The Kier molecular flexibility index (Phi) is 3.46. The molecule has 19 heavy (non-hydrogen) atoms. The van der Waals surface area contributed by atoms with Crippen LogP contribution in [0.2, 0.25) is 0 Å². The fourth-order valence-electron chi connectivity index (χ4n) is 2.25. The molecule has 5 heteroatoms. The summed E-state index contributed by atoms with van der Waals surface area (Å²) in [6.45, 7) is 7.67. The average Bonchev–Trinajstić information content (AvgIpc) is 2.62. The molecule has 0 spiro atoms. The summed E-state index contributed by atoms with van der Waals surface area (Å²) in [4.78, 5) is 16.6. The summed E-state index contributed by atoms with van der Waals surface area (Å²) in [5.74, 6) is 0.807. The van der Waals surface area contributed by atoms with E-state index in [1.807, 2.05) is 50.5 Å². The average molecular weight is 260 g/mol. The van der Waals surface area contributed by atoms with E-state index in [4.69, 9.17) is 5.73 Å². The van der Waals surface area contributed by atoms with Gasteiger partial charge in [0.25, 0.3) is 0 Å². The molecular weight excluding hydrogens is 240 g/mol. The maximum atomic E-state index is 12.1. The number of nitrogens with one attached hydrogen (secondary N) is 1. The maximum Gasteiger partial charge on any atom is 0.243 e. The van der Waals surface area contributed by atoms with Crippen molar-refractivity contribution in [2.45, 2.75) is 39.8 Å². The monoisotopic (exact) mass is 260 g/mol. The van der Waals surface area contributed by atoms with Crippen LogP contribution in [0.15, 0.2) is 18.2 Å². The summed E-state index contributed by atoms with van der Waals surface area (Å²) in [5, 5.41) is 2.92. The lowest BCUT2D eigenvalue weighted by Gasteiger charge is -2.18. The molecular formula is C14H20N4O. The number of benzene rings is 1. The topological polar surface area (TPSA) is 72.9 Å². The summed E-state index contributed by atoms with van der Waals surface area (Å²) in [7, 11) is 0. The number of aromatic nitrogens is 2. The molecule has 2 rings (SSSR count). The largest absolute Gasteiger partial charge is 0.399 e. The van der Waals surface area contributed by atoms with Crippen molar-refractivity contribution >= 4 is 22.6 Å². The zero-order chi connectivity index (χ0) is 14.2. The molecule has 1 atom stereocenters. The Morgan fingerprint density at radius 1 is 1.37 bits per heavy atom. The third-order valence-corrected chi connectivity index (χ3v) is 3.09. The van der Waals surface area contributed by atoms with Gasteiger partial charge in [0.2, 0.25) is 5.91 Å². The molecule has 0 aliphatic carbocycles. The second-order valence-electron chi connectivity index (χ2n) is 5.12. The van der Waals surface area contributed by atoms with Crippen LogP contribution in [0.1, 0.15) is 32.6 Å². The molecule has 1 unspecified atom stereocenters. The number of carbonyl (C=O) groups is 1. The quantitative estimate of drug-likeness (QED) is 0.829. The molecule has 5 nitrogen and oxygen atoms in total. The van der Waals surface area contributed by atoms with E-state index in [-0.39, 0.29) is 18.0 Å². The number of carbonyl (C=O) groups excluding carboxylic acids is 1. The number of hydrogen-bond donors (Lipinski definition) is 2. The number of nitrogen functional groups attached to an aromatic ring is 1. The first kappa shape index (κ1) is 13.4. The predicted octanol–water partition coefficient (Wildman–Crippen LogP) is 2.01. The molecule has 0 saturated heterocycles. The van der Waals surface area contributed by atoms with Crippen molar-refractivity contribution in [1.29, 1.82) is 0 Å². The number of aryl methyl sites for hydroxylation is 1. The molecule has 0 aliphatic heterocycles. The van der Waals surface area contributed by atoms with Crippen molar-refractivity contribution in [3.8, 4) is 0 Å². The van der Waals surface area contributed by atoms with E-state index in [2.05, 4.69) is 10.3 Å². The third-order valence-electron chi connectivity index (χ3n) is 3.09. The minimum Gasteiger partial charge on any atom is -0.399 e. The Labute approximate surface area is 112 Å². The molecule has 1 amide bonds. The van der Waals surface area contributed by atoms with Crippen molar-refractivity contribution in [1.82, 2.24) is 14.9 Å². The minimum atomic E-state index is -0.295. The highest BCUT2D eigenvalue weighted by Gasteiger charge is 2.20. The van der Waals surface area contributed by atoms with E-state index in [1.165, 1.54) is 0 Å². The normalized spacial score (nSPS) is 12.9. The fraction of sp³-hybridized carbons (Fsp3) is 0.429. The van der Waals surface area contributed by atoms with Crippen molar-refractivity contribution in [2.24, 2.45) is 0 Å². The molecule has 0 saturated carbocycles. The Bertz CT molecular complexity index is 615. The van der Waals surface area contributed by atoms with Crippen LogP contribution in [0.5, 0.6) is 0 Å². The lowest BCUT2D eigenvalue weighted by Crippen LogP contribution is -2.35. The first-order chi connectivity index (χ1) is 8.90. The first-order valence-electron chi connectivity index (χ1n) is 6.44. The number of fused-ring (bicyclic) bond motifs is 1. The molecule has 1 aromatic heterocycles. The predicted molar refractivity (Wildman–Crippen MR) is 76.9 cm³/mol. The van der Waals surface area contributed by atoms with E-state index in [0.717, 1.165) is 16.9 Å². The van der Waals surface area contributed by atoms with Gasteiger partial charge in [-0.1, -0.05) is 0 Å². The van der Waals surface area contributed by atoms with E-state index in [0.29, 0.717) is 5.69 Å². The molecule has 0 radical (unpaired) electrons. The molecule has 0 aliphatic rings. The minimum absolute atomic E-state index is 0.00535. The van der Waals surface area contributed by atoms with E-state index in [1.54, 1.807) is 0 Å². The van der Waals surface area contributed by atoms with Gasteiger partial charge in [-0.25, -0.2) is 4.98 Å². The fourth-order valence-corrected chi connectivity index (χ4v) is 2.25. The van der Waals surface area contributed by atoms with Gasteiger partial charge in [0.1, 0.15) is 11.9 Å². The van der Waals surface area contributed by atoms with Crippen molar-refractivity contribution in [3.05, 3.63) is 24.0 Å². The van der Waals surface area contributed by atoms with Crippen LogP contribution in [-0.2, 0) is 4.79 Å². The number of rotatable bonds is 3. The lowest BCUT2D eigenvalue weighted by molar-refractivity contribution is -0.124. The van der Waals surface area contributed by atoms with E-state index >= 15 is 0 Å². The Balaban J connectivity index is 2.44. The van der Waals surface area contributed by atoms with Crippen LogP contribution in [0.4, 0.5) is 5.69 Å². The van der Waals surface area contributed by atoms with E-state index in [9.17, 15) is 4.79 Å². The van der Waals surface area contributed by atoms with Crippen LogP contribution >= 0.6 is 0 Å². The molecule has 0 fully saturated rings. The number of anilines is 1. The summed E-state index contributed by atoms with van der Waals surface area (Å²) in [6.07, 6.45) is 0. The van der Waals surface area contributed by atoms with Crippen LogP contribution in [0, 0.1) is 6.92 Å². The van der Waals surface area contributed by atoms with Crippen LogP contribution in [0.3, 0.4) is 0 Å². The highest BCUT2D eigenvalue weighted by Crippen LogP contribution is 2.22. The van der Waals surface area contributed by atoms with Gasteiger partial charge in [0.15, 0.2) is 0 Å². The Morgan fingerprint density at radius 3 is 2.68 bits per heavy atom. The zero-order valence-corrected chi connectivity index (χ0v) is 11.8. The third kappa shape index (κ3) is 2.54. The summed E-state index contributed by atoms with van der Waals surface area (Å²) in [6, 6.07) is 5.39. The standard InChI is InChI=1S/C14H20N4O/c1-8(2)16-14(19)9(3)18-10(4)17-12-7-11(15)5-6-13(12)18/h5-9H,15H2,1-4H3,(H,16,19). The summed E-state index contributed by atoms with van der Waals surface area (Å²) >= 11 is 0. The maximum absolute atomic E-state index is 12.1. The van der Waals surface area contributed by atoms with E-state index < -0.39 is 0 Å². The Morgan fingerprint density at radius 2 is 2.05 bits per heavy atom. The molecule has 1 aromatic carbocycles. The molecule has 3 N–H and O–H groups in total. The van der Waals surface area contributed by atoms with Gasteiger partial charge in [-0.2, -0.15) is 0 Å². The lowest BCUT2D eigenvalue weighted by atomic mass is 10.2. The zero-order valence-electron chi connectivity index (χ0n) is 11.8. The highest BCUT2D eigenvalue weighted by atomic mass is 16.2. The number of nitrogens with zero attached hydrogens (tertiary/aromatic N) is 2. The molecule has 102 valence electrons. The number of imidazole rings is 1. The van der Waals surface area contributed by atoms with Gasteiger partial charge in [-0.3, -0.25) is 4.79 Å².